The summed E-state index contributed by atoms with van der Waals surface area (Å²) in [6.45, 7) is 6.51. The lowest BCUT2D eigenvalue weighted by atomic mass is 10.1. The van der Waals surface area contributed by atoms with E-state index in [0.29, 0.717) is 18.7 Å². The van der Waals surface area contributed by atoms with Gasteiger partial charge in [-0.25, -0.2) is 4.39 Å². The van der Waals surface area contributed by atoms with Crippen molar-refractivity contribution < 1.29 is 9.18 Å². The molecule has 0 aliphatic heterocycles. The maximum Gasteiger partial charge on any atom is 0.224 e. The van der Waals surface area contributed by atoms with Crippen molar-refractivity contribution in [1.29, 1.82) is 0 Å². The Morgan fingerprint density at radius 2 is 1.90 bits per heavy atom. The Kier molecular flexibility index (Phi) is 7.86. The number of hydrogen-bond acceptors (Lipinski definition) is 2. The Hall–Kier alpha value is -2.11. The molecule has 0 atom stereocenters. The average Bonchev–Trinajstić information content (AvgIpc) is 2.44. The normalized spacial score (nSPS) is 9.86. The zero-order valence-corrected chi connectivity index (χ0v) is 12.6. The van der Waals surface area contributed by atoms with Crippen molar-refractivity contribution in [3.05, 3.63) is 35.6 Å². The van der Waals surface area contributed by atoms with Crippen molar-refractivity contribution >= 4 is 11.9 Å². The molecule has 0 spiro atoms. The molecule has 0 fully saturated rings. The molecule has 3 N–H and O–H groups in total. The monoisotopic (exact) mass is 294 g/mol. The van der Waals surface area contributed by atoms with Gasteiger partial charge in [0, 0.05) is 19.6 Å². The number of halogens is 1. The van der Waals surface area contributed by atoms with Crippen LogP contribution in [0.15, 0.2) is 29.3 Å². The van der Waals surface area contributed by atoms with E-state index in [4.69, 9.17) is 0 Å². The first kappa shape index (κ1) is 16.9. The summed E-state index contributed by atoms with van der Waals surface area (Å²) in [4.78, 5) is 16.0. The van der Waals surface area contributed by atoms with Crippen molar-refractivity contribution in [2.45, 2.75) is 20.3 Å². The third-order valence-corrected chi connectivity index (χ3v) is 2.65. The predicted octanol–water partition coefficient (Wildman–Crippen LogP) is 1.06. The van der Waals surface area contributed by atoms with E-state index in [1.54, 1.807) is 12.1 Å². The van der Waals surface area contributed by atoms with E-state index in [2.05, 4.69) is 20.9 Å². The van der Waals surface area contributed by atoms with Gasteiger partial charge >= 0.3 is 0 Å². The van der Waals surface area contributed by atoms with Crippen LogP contribution in [-0.4, -0.2) is 38.0 Å². The third kappa shape index (κ3) is 7.29. The molecule has 0 saturated carbocycles. The summed E-state index contributed by atoms with van der Waals surface area (Å²) in [6, 6.07) is 6.06. The van der Waals surface area contributed by atoms with E-state index in [-0.39, 0.29) is 18.1 Å². The number of amides is 1. The van der Waals surface area contributed by atoms with Gasteiger partial charge in [-0.2, -0.15) is 0 Å². The number of hydrogen-bond donors (Lipinski definition) is 3. The minimum absolute atomic E-state index is 0.135. The Bertz CT molecular complexity index is 468. The summed E-state index contributed by atoms with van der Waals surface area (Å²) in [5.41, 5.74) is 0.664. The van der Waals surface area contributed by atoms with Crippen LogP contribution < -0.4 is 16.0 Å². The molecule has 5 nitrogen and oxygen atoms in total. The smallest absolute Gasteiger partial charge is 0.224 e. The van der Waals surface area contributed by atoms with Gasteiger partial charge in [0.2, 0.25) is 5.91 Å². The lowest BCUT2D eigenvalue weighted by Crippen LogP contribution is -2.38. The van der Waals surface area contributed by atoms with Crippen molar-refractivity contribution in [2.24, 2.45) is 4.99 Å². The highest BCUT2D eigenvalue weighted by Gasteiger charge is 2.03. The van der Waals surface area contributed by atoms with Crippen molar-refractivity contribution in [2.75, 3.05) is 26.2 Å². The summed E-state index contributed by atoms with van der Waals surface area (Å²) in [5.74, 6) is 0.273. The van der Waals surface area contributed by atoms with Crippen LogP contribution in [0.5, 0.6) is 0 Å². The first-order chi connectivity index (χ1) is 10.2. The molecule has 1 rings (SSSR count). The number of nitrogens with zero attached hydrogens (tertiary/aromatic N) is 1. The molecular weight excluding hydrogens is 271 g/mol. The minimum Gasteiger partial charge on any atom is -0.357 e. The fourth-order valence-corrected chi connectivity index (χ4v) is 1.77. The van der Waals surface area contributed by atoms with Gasteiger partial charge in [-0.3, -0.25) is 9.79 Å². The maximum atomic E-state index is 13.0. The average molecular weight is 294 g/mol. The Morgan fingerprint density at radius 3 is 2.52 bits per heavy atom. The summed E-state index contributed by atoms with van der Waals surface area (Å²) in [5, 5.41) is 8.97. The second-order valence-electron chi connectivity index (χ2n) is 4.45. The molecule has 0 aliphatic carbocycles. The van der Waals surface area contributed by atoms with Crippen LogP contribution in [-0.2, 0) is 11.2 Å². The number of carbonyl (C=O) groups is 1. The van der Waals surface area contributed by atoms with Crippen LogP contribution in [0.4, 0.5) is 4.39 Å². The zero-order valence-electron chi connectivity index (χ0n) is 12.6. The Labute approximate surface area is 125 Å². The summed E-state index contributed by atoms with van der Waals surface area (Å²) in [7, 11) is 0. The molecule has 0 unspecified atom stereocenters. The maximum absolute atomic E-state index is 13.0. The third-order valence-electron chi connectivity index (χ3n) is 2.65. The van der Waals surface area contributed by atoms with Crippen molar-refractivity contribution in [1.82, 2.24) is 16.0 Å². The highest BCUT2D eigenvalue weighted by atomic mass is 19.1. The molecule has 0 saturated heterocycles. The molecular formula is C15H23FN4O. The molecule has 1 aromatic rings. The number of guanidine groups is 1. The van der Waals surface area contributed by atoms with Gasteiger partial charge < -0.3 is 16.0 Å². The van der Waals surface area contributed by atoms with Gasteiger partial charge in [-0.15, -0.1) is 0 Å². The fraction of sp³-hybridized carbons (Fsp3) is 0.467. The number of benzene rings is 1. The molecule has 0 heterocycles. The fourth-order valence-electron chi connectivity index (χ4n) is 1.77. The van der Waals surface area contributed by atoms with Crippen LogP contribution in [0.3, 0.4) is 0 Å². The van der Waals surface area contributed by atoms with Gasteiger partial charge in [0.15, 0.2) is 5.96 Å². The number of rotatable bonds is 7. The first-order valence-electron chi connectivity index (χ1n) is 7.19. The molecule has 0 aromatic heterocycles. The highest BCUT2D eigenvalue weighted by Crippen LogP contribution is 2.03. The number of nitrogens with one attached hydrogen (secondary N) is 3. The van der Waals surface area contributed by atoms with E-state index in [1.807, 2.05) is 13.8 Å². The standard InChI is InChI=1S/C15H23FN4O/c1-3-17-15(18-4-2)20-9-8-19-14(21)11-12-6-5-7-13(16)10-12/h5-7,10H,3-4,8-9,11H2,1-2H3,(H,19,21)(H2,17,18,20). The minimum atomic E-state index is -0.328. The van der Waals surface area contributed by atoms with Crippen LogP contribution in [0.2, 0.25) is 0 Å². The summed E-state index contributed by atoms with van der Waals surface area (Å²) < 4.78 is 13.0. The molecule has 0 bridgehead atoms. The lowest BCUT2D eigenvalue weighted by Gasteiger charge is -2.09. The number of carbonyl (C=O) groups excluding carboxylic acids is 1. The van der Waals surface area contributed by atoms with Gasteiger partial charge in [0.25, 0.3) is 0 Å². The van der Waals surface area contributed by atoms with Gasteiger partial charge in [-0.1, -0.05) is 12.1 Å². The van der Waals surface area contributed by atoms with Crippen LogP contribution in [0.1, 0.15) is 19.4 Å². The molecule has 1 aromatic carbocycles. The summed E-state index contributed by atoms with van der Waals surface area (Å²) >= 11 is 0. The van der Waals surface area contributed by atoms with Crippen molar-refractivity contribution in [3.8, 4) is 0 Å². The van der Waals surface area contributed by atoms with Gasteiger partial charge in [-0.05, 0) is 31.5 Å². The van der Waals surface area contributed by atoms with E-state index in [1.165, 1.54) is 12.1 Å². The second-order valence-corrected chi connectivity index (χ2v) is 4.45. The van der Waals surface area contributed by atoms with E-state index >= 15 is 0 Å². The molecule has 0 aliphatic rings. The van der Waals surface area contributed by atoms with E-state index in [9.17, 15) is 9.18 Å². The van der Waals surface area contributed by atoms with Crippen LogP contribution >= 0.6 is 0 Å². The Morgan fingerprint density at radius 1 is 1.19 bits per heavy atom. The first-order valence-corrected chi connectivity index (χ1v) is 7.19. The second kappa shape index (κ2) is 9.74. The SMILES string of the molecule is CCNC(=NCCNC(=O)Cc1cccc(F)c1)NCC. The van der Waals surface area contributed by atoms with E-state index < -0.39 is 0 Å². The quantitative estimate of drug-likeness (QED) is 0.400. The molecule has 21 heavy (non-hydrogen) atoms. The molecule has 1 amide bonds. The lowest BCUT2D eigenvalue weighted by molar-refractivity contribution is -0.120. The highest BCUT2D eigenvalue weighted by molar-refractivity contribution is 5.80. The van der Waals surface area contributed by atoms with E-state index in [0.717, 1.165) is 19.0 Å². The van der Waals surface area contributed by atoms with Crippen LogP contribution in [0, 0.1) is 5.82 Å². The number of aliphatic imine (C=N–C) groups is 1. The summed E-state index contributed by atoms with van der Waals surface area (Å²) in [6.07, 6.45) is 0.175. The topological polar surface area (TPSA) is 65.5 Å². The van der Waals surface area contributed by atoms with Crippen LogP contribution in [0.25, 0.3) is 0 Å². The molecule has 116 valence electrons. The van der Waals surface area contributed by atoms with Gasteiger partial charge in [0.05, 0.1) is 13.0 Å². The van der Waals surface area contributed by atoms with Gasteiger partial charge in [0.1, 0.15) is 5.82 Å². The molecule has 0 radical (unpaired) electrons. The Balaban J connectivity index is 2.31. The van der Waals surface area contributed by atoms with Crippen molar-refractivity contribution in [3.63, 3.8) is 0 Å². The predicted molar refractivity (Wildman–Crippen MR) is 82.8 cm³/mol. The zero-order chi connectivity index (χ0) is 15.5. The molecule has 6 heteroatoms. The largest absolute Gasteiger partial charge is 0.357 e.